The molecule has 1 heterocycles. The van der Waals surface area contributed by atoms with E-state index in [0.717, 1.165) is 13.1 Å². The molecule has 0 saturated carbocycles. The fraction of sp³-hybridized carbons (Fsp3) is 0.875. The second-order valence-corrected chi connectivity index (χ2v) is 4.45. The molecule has 0 unspecified atom stereocenters. The van der Waals surface area contributed by atoms with Gasteiger partial charge in [-0.3, -0.25) is 0 Å². The van der Waals surface area contributed by atoms with Crippen LogP contribution >= 0.6 is 11.8 Å². The number of oxime groups is 1. The summed E-state index contributed by atoms with van der Waals surface area (Å²) < 4.78 is 0. The number of nitrogens with zero attached hydrogens (tertiary/aromatic N) is 2. The van der Waals surface area contributed by atoms with E-state index >= 15 is 0 Å². The van der Waals surface area contributed by atoms with Crippen LogP contribution in [0.5, 0.6) is 0 Å². The molecule has 1 aliphatic rings. The molecule has 0 atom stereocenters. The number of rotatable bonds is 5. The number of hydrogen-bond acceptors (Lipinski definition) is 5. The highest BCUT2D eigenvalue weighted by Gasteiger charge is 2.08. The molecule has 0 aliphatic carbocycles. The molecule has 0 spiro atoms. The Balaban J connectivity index is 1.97. The molecule has 4 N–H and O–H groups in total. The molecule has 0 aromatic heterocycles. The Morgan fingerprint density at radius 1 is 1.50 bits per heavy atom. The number of nitrogens with two attached hydrogens (primary N) is 1. The van der Waals surface area contributed by atoms with Crippen molar-refractivity contribution in [1.82, 2.24) is 10.2 Å². The Morgan fingerprint density at radius 3 is 2.86 bits per heavy atom. The van der Waals surface area contributed by atoms with Gasteiger partial charge in [-0.05, 0) is 0 Å². The number of thioether (sulfide) groups is 1. The summed E-state index contributed by atoms with van der Waals surface area (Å²) >= 11 is 2.01. The van der Waals surface area contributed by atoms with Gasteiger partial charge in [0.2, 0.25) is 0 Å². The zero-order valence-electron chi connectivity index (χ0n) is 8.28. The average molecular weight is 218 g/mol. The molecule has 14 heavy (non-hydrogen) atoms. The molecule has 1 rings (SSSR count). The van der Waals surface area contributed by atoms with Crippen LogP contribution in [0.1, 0.15) is 0 Å². The molecule has 1 fully saturated rings. The molecule has 0 bridgehead atoms. The van der Waals surface area contributed by atoms with Gasteiger partial charge in [-0.1, -0.05) is 5.16 Å². The van der Waals surface area contributed by atoms with E-state index in [2.05, 4.69) is 15.4 Å². The summed E-state index contributed by atoms with van der Waals surface area (Å²) in [5.74, 6) is 2.71. The summed E-state index contributed by atoms with van der Waals surface area (Å²) in [6.45, 7) is 4.74. The van der Waals surface area contributed by atoms with Gasteiger partial charge in [0, 0.05) is 37.7 Å². The first-order chi connectivity index (χ1) is 6.83. The van der Waals surface area contributed by atoms with Crippen LogP contribution in [-0.4, -0.2) is 60.2 Å². The molecular formula is C8H18N4OS. The highest BCUT2D eigenvalue weighted by atomic mass is 32.2. The zero-order chi connectivity index (χ0) is 10.2. The normalized spacial score (nSPS) is 19.9. The summed E-state index contributed by atoms with van der Waals surface area (Å²) in [5.41, 5.74) is 5.31. The lowest BCUT2D eigenvalue weighted by molar-refractivity contribution is 0.301. The molecule has 5 nitrogen and oxygen atoms in total. The third kappa shape index (κ3) is 4.69. The second-order valence-electron chi connectivity index (χ2n) is 3.22. The highest BCUT2D eigenvalue weighted by Crippen LogP contribution is 2.07. The van der Waals surface area contributed by atoms with Crippen molar-refractivity contribution in [3.8, 4) is 0 Å². The molecule has 1 aliphatic heterocycles. The van der Waals surface area contributed by atoms with Crippen LogP contribution in [0, 0.1) is 0 Å². The van der Waals surface area contributed by atoms with E-state index in [-0.39, 0.29) is 5.84 Å². The van der Waals surface area contributed by atoms with Crippen LogP contribution in [-0.2, 0) is 0 Å². The number of hydrogen-bond donors (Lipinski definition) is 3. The van der Waals surface area contributed by atoms with E-state index < -0.39 is 0 Å². The molecule has 82 valence electrons. The summed E-state index contributed by atoms with van der Waals surface area (Å²) in [6, 6.07) is 0. The predicted molar refractivity (Wildman–Crippen MR) is 60.0 cm³/mol. The summed E-state index contributed by atoms with van der Waals surface area (Å²) in [4.78, 5) is 2.43. The Morgan fingerprint density at radius 2 is 2.21 bits per heavy atom. The maximum atomic E-state index is 8.29. The first-order valence-electron chi connectivity index (χ1n) is 4.80. The first-order valence-corrected chi connectivity index (χ1v) is 5.95. The van der Waals surface area contributed by atoms with E-state index in [4.69, 9.17) is 10.9 Å². The third-order valence-corrected chi connectivity index (χ3v) is 3.09. The molecular weight excluding hydrogens is 200 g/mol. The average Bonchev–Trinajstić information content (AvgIpc) is 2.25. The lowest BCUT2D eigenvalue weighted by Gasteiger charge is -2.25. The van der Waals surface area contributed by atoms with Crippen molar-refractivity contribution in [2.75, 3.05) is 44.2 Å². The van der Waals surface area contributed by atoms with Crippen molar-refractivity contribution in [3.63, 3.8) is 0 Å². The SMILES string of the molecule is N/C(CNCCN1CCSCC1)=N\O. The first kappa shape index (κ1) is 11.6. The summed E-state index contributed by atoms with van der Waals surface area (Å²) in [6.07, 6.45) is 0. The minimum Gasteiger partial charge on any atom is -0.409 e. The van der Waals surface area contributed by atoms with Gasteiger partial charge < -0.3 is 21.2 Å². The van der Waals surface area contributed by atoms with Gasteiger partial charge in [-0.25, -0.2) is 0 Å². The van der Waals surface area contributed by atoms with Gasteiger partial charge in [0.25, 0.3) is 0 Å². The van der Waals surface area contributed by atoms with Gasteiger partial charge in [0.15, 0.2) is 5.84 Å². The lowest BCUT2D eigenvalue weighted by Crippen LogP contribution is -2.39. The third-order valence-electron chi connectivity index (χ3n) is 2.14. The van der Waals surface area contributed by atoms with Crippen molar-refractivity contribution in [1.29, 1.82) is 0 Å². The van der Waals surface area contributed by atoms with Crippen LogP contribution in [0.25, 0.3) is 0 Å². The Kier molecular flexibility index (Phi) is 5.74. The van der Waals surface area contributed by atoms with E-state index in [1.165, 1.54) is 24.6 Å². The molecule has 0 aromatic carbocycles. The van der Waals surface area contributed by atoms with Gasteiger partial charge in [0.1, 0.15) is 0 Å². The molecule has 0 amide bonds. The van der Waals surface area contributed by atoms with Crippen LogP contribution in [0.3, 0.4) is 0 Å². The van der Waals surface area contributed by atoms with Crippen molar-refractivity contribution in [2.24, 2.45) is 10.9 Å². The Hall–Kier alpha value is -0.460. The fourth-order valence-corrected chi connectivity index (χ4v) is 2.29. The van der Waals surface area contributed by atoms with Crippen molar-refractivity contribution in [3.05, 3.63) is 0 Å². The molecule has 0 aromatic rings. The van der Waals surface area contributed by atoms with Gasteiger partial charge in [-0.2, -0.15) is 11.8 Å². The largest absolute Gasteiger partial charge is 0.409 e. The predicted octanol–water partition coefficient (Wildman–Crippen LogP) is -0.629. The maximum absolute atomic E-state index is 8.29. The number of nitrogens with one attached hydrogen (secondary N) is 1. The zero-order valence-corrected chi connectivity index (χ0v) is 9.09. The smallest absolute Gasteiger partial charge is 0.153 e. The fourth-order valence-electron chi connectivity index (χ4n) is 1.31. The highest BCUT2D eigenvalue weighted by molar-refractivity contribution is 7.99. The van der Waals surface area contributed by atoms with Gasteiger partial charge in [-0.15, -0.1) is 0 Å². The maximum Gasteiger partial charge on any atom is 0.153 e. The van der Waals surface area contributed by atoms with Crippen molar-refractivity contribution < 1.29 is 5.21 Å². The second kappa shape index (κ2) is 6.92. The standard InChI is InChI=1S/C8H18N4OS/c9-8(11-13)7-10-1-2-12-3-5-14-6-4-12/h10,13H,1-7H2,(H2,9,11). The van der Waals surface area contributed by atoms with E-state index in [0.29, 0.717) is 6.54 Å². The Bertz CT molecular complexity index is 182. The summed E-state index contributed by atoms with van der Waals surface area (Å²) in [5, 5.41) is 14.3. The molecule has 0 radical (unpaired) electrons. The van der Waals surface area contributed by atoms with Crippen molar-refractivity contribution in [2.45, 2.75) is 0 Å². The minimum absolute atomic E-state index is 0.235. The topological polar surface area (TPSA) is 73.9 Å². The Labute approximate surface area is 88.7 Å². The van der Waals surface area contributed by atoms with Crippen LogP contribution in [0.4, 0.5) is 0 Å². The number of amidine groups is 1. The van der Waals surface area contributed by atoms with Crippen molar-refractivity contribution >= 4 is 17.6 Å². The minimum atomic E-state index is 0.235. The molecule has 6 heteroatoms. The van der Waals surface area contributed by atoms with E-state index in [9.17, 15) is 0 Å². The lowest BCUT2D eigenvalue weighted by atomic mass is 10.4. The van der Waals surface area contributed by atoms with Crippen LogP contribution < -0.4 is 11.1 Å². The van der Waals surface area contributed by atoms with Crippen LogP contribution in [0.15, 0.2) is 5.16 Å². The van der Waals surface area contributed by atoms with Gasteiger partial charge >= 0.3 is 0 Å². The van der Waals surface area contributed by atoms with E-state index in [1.54, 1.807) is 0 Å². The quantitative estimate of drug-likeness (QED) is 0.188. The van der Waals surface area contributed by atoms with Crippen LogP contribution in [0.2, 0.25) is 0 Å². The molecule has 1 saturated heterocycles. The monoisotopic (exact) mass is 218 g/mol. The van der Waals surface area contributed by atoms with E-state index in [1.807, 2.05) is 11.8 Å². The van der Waals surface area contributed by atoms with Gasteiger partial charge in [0.05, 0.1) is 6.54 Å². The summed E-state index contributed by atoms with van der Waals surface area (Å²) in [7, 11) is 0.